The second kappa shape index (κ2) is 8.84. The fourth-order valence-corrected chi connectivity index (χ4v) is 3.56. The minimum atomic E-state index is 0.250. The molecule has 128 valence electrons. The highest BCUT2D eigenvalue weighted by molar-refractivity contribution is 7.16. The highest BCUT2D eigenvalue weighted by atomic mass is 35.5. The molecule has 1 fully saturated rings. The largest absolute Gasteiger partial charge is 0.373 e. The maximum absolute atomic E-state index is 8.12. The first kappa shape index (κ1) is 18.5. The Morgan fingerprint density at radius 1 is 1.25 bits per heavy atom. The lowest BCUT2D eigenvalue weighted by Crippen LogP contribution is -2.46. The van der Waals surface area contributed by atoms with Gasteiger partial charge < -0.3 is 9.80 Å². The lowest BCUT2D eigenvalue weighted by atomic mass is 10.3. The fraction of sp³-hybridized carbons (Fsp3) is 0.467. The summed E-state index contributed by atoms with van der Waals surface area (Å²) in [6.07, 6.45) is 2.05. The summed E-state index contributed by atoms with van der Waals surface area (Å²) in [5.74, 6) is 1.63. The molecule has 0 spiro atoms. The van der Waals surface area contributed by atoms with E-state index in [4.69, 9.17) is 21.2 Å². The van der Waals surface area contributed by atoms with Gasteiger partial charge in [0.15, 0.2) is 10.3 Å². The van der Waals surface area contributed by atoms with E-state index in [0.717, 1.165) is 49.1 Å². The summed E-state index contributed by atoms with van der Waals surface area (Å²) >= 11 is 7.43. The van der Waals surface area contributed by atoms with Crippen LogP contribution in [0.4, 0.5) is 5.82 Å². The number of hydrogen-bond acceptors (Lipinski definition) is 8. The predicted molar refractivity (Wildman–Crippen MR) is 92.2 cm³/mol. The first-order valence-electron chi connectivity index (χ1n) is 7.52. The predicted octanol–water partition coefficient (Wildman–Crippen LogP) is 2.12. The van der Waals surface area contributed by atoms with Gasteiger partial charge in [-0.15, -0.1) is 11.3 Å². The SMILES string of the molecule is CCN1CCN(c2ccnc(-c3nc(Cl)sc3C)n2)CC1.O=C=O. The highest BCUT2D eigenvalue weighted by Crippen LogP contribution is 2.28. The van der Waals surface area contributed by atoms with E-state index in [1.807, 2.05) is 13.0 Å². The van der Waals surface area contributed by atoms with Gasteiger partial charge in [0, 0.05) is 37.3 Å². The number of anilines is 1. The number of aryl methyl sites for hydroxylation is 1. The zero-order valence-electron chi connectivity index (χ0n) is 13.5. The van der Waals surface area contributed by atoms with Gasteiger partial charge in [0.2, 0.25) is 0 Å². The van der Waals surface area contributed by atoms with E-state index in [1.165, 1.54) is 11.3 Å². The molecule has 2 aromatic rings. The molecule has 0 aromatic carbocycles. The summed E-state index contributed by atoms with van der Waals surface area (Å²) in [6.45, 7) is 9.47. The van der Waals surface area contributed by atoms with Crippen molar-refractivity contribution in [2.75, 3.05) is 37.6 Å². The molecule has 0 amide bonds. The number of rotatable bonds is 3. The van der Waals surface area contributed by atoms with Gasteiger partial charge in [-0.1, -0.05) is 18.5 Å². The van der Waals surface area contributed by atoms with Gasteiger partial charge in [-0.2, -0.15) is 9.59 Å². The van der Waals surface area contributed by atoms with Crippen molar-refractivity contribution in [1.29, 1.82) is 0 Å². The molecule has 1 saturated heterocycles. The molecule has 0 radical (unpaired) electrons. The van der Waals surface area contributed by atoms with Gasteiger partial charge in [-0.25, -0.2) is 15.0 Å². The first-order valence-corrected chi connectivity index (χ1v) is 8.71. The Balaban J connectivity index is 0.000000647. The molecule has 0 aliphatic carbocycles. The maximum Gasteiger partial charge on any atom is 0.373 e. The Bertz CT molecular complexity index is 710. The van der Waals surface area contributed by atoms with Crippen LogP contribution in [0.5, 0.6) is 0 Å². The number of nitrogens with zero attached hydrogens (tertiary/aromatic N) is 5. The van der Waals surface area contributed by atoms with Gasteiger partial charge in [-0.3, -0.25) is 0 Å². The second-order valence-electron chi connectivity index (χ2n) is 5.11. The van der Waals surface area contributed by atoms with Crippen LogP contribution in [-0.4, -0.2) is 58.7 Å². The number of hydrogen-bond donors (Lipinski definition) is 0. The Morgan fingerprint density at radius 2 is 1.92 bits per heavy atom. The van der Waals surface area contributed by atoms with Crippen LogP contribution < -0.4 is 4.90 Å². The Morgan fingerprint density at radius 3 is 2.46 bits per heavy atom. The molecule has 1 aliphatic rings. The standard InChI is InChI=1S/C14H18ClN5S.CO2/c1-3-19-6-8-20(9-7-19)11-4-5-16-13(17-11)12-10(2)21-14(15)18-12;2-1-3/h4-5H,3,6-9H2,1-2H3;. The third-order valence-electron chi connectivity index (χ3n) is 3.77. The Kier molecular flexibility index (Phi) is 6.81. The summed E-state index contributed by atoms with van der Waals surface area (Å²) < 4.78 is 0.535. The molecule has 9 heteroatoms. The molecule has 3 heterocycles. The van der Waals surface area contributed by atoms with Crippen molar-refractivity contribution in [2.24, 2.45) is 0 Å². The molecule has 1 aliphatic heterocycles. The summed E-state index contributed by atoms with van der Waals surface area (Å²) in [4.78, 5) is 35.4. The van der Waals surface area contributed by atoms with Crippen LogP contribution in [0.2, 0.25) is 4.47 Å². The van der Waals surface area contributed by atoms with Gasteiger partial charge in [0.1, 0.15) is 11.5 Å². The second-order valence-corrected chi connectivity index (χ2v) is 6.90. The van der Waals surface area contributed by atoms with Crippen LogP contribution in [0.3, 0.4) is 0 Å². The molecule has 24 heavy (non-hydrogen) atoms. The van der Waals surface area contributed by atoms with Crippen molar-refractivity contribution in [3.63, 3.8) is 0 Å². The number of halogens is 1. The number of likely N-dealkylation sites (N-methyl/N-ethyl adjacent to an activating group) is 1. The van der Waals surface area contributed by atoms with E-state index in [2.05, 4.69) is 31.7 Å². The minimum absolute atomic E-state index is 0.250. The number of thiazole rings is 1. The van der Waals surface area contributed by atoms with Crippen LogP contribution in [0.15, 0.2) is 12.3 Å². The van der Waals surface area contributed by atoms with Crippen LogP contribution in [0.25, 0.3) is 11.5 Å². The first-order chi connectivity index (χ1) is 11.6. The van der Waals surface area contributed by atoms with E-state index >= 15 is 0 Å². The fourth-order valence-electron chi connectivity index (χ4n) is 2.50. The quantitative estimate of drug-likeness (QED) is 0.822. The summed E-state index contributed by atoms with van der Waals surface area (Å²) in [5.41, 5.74) is 0.791. The molecule has 7 nitrogen and oxygen atoms in total. The average molecular weight is 368 g/mol. The van der Waals surface area contributed by atoms with Crippen molar-refractivity contribution in [3.8, 4) is 11.5 Å². The molecule has 0 saturated carbocycles. The lowest BCUT2D eigenvalue weighted by molar-refractivity contribution is -0.191. The third kappa shape index (κ3) is 4.58. The van der Waals surface area contributed by atoms with E-state index in [-0.39, 0.29) is 6.15 Å². The van der Waals surface area contributed by atoms with Crippen LogP contribution in [0, 0.1) is 6.92 Å². The monoisotopic (exact) mass is 367 g/mol. The van der Waals surface area contributed by atoms with E-state index in [1.54, 1.807) is 6.20 Å². The van der Waals surface area contributed by atoms with Gasteiger partial charge in [0.25, 0.3) is 0 Å². The van der Waals surface area contributed by atoms with E-state index in [0.29, 0.717) is 10.3 Å². The van der Waals surface area contributed by atoms with Gasteiger partial charge in [0.05, 0.1) is 0 Å². The van der Waals surface area contributed by atoms with E-state index in [9.17, 15) is 0 Å². The molecule has 3 rings (SSSR count). The summed E-state index contributed by atoms with van der Waals surface area (Å²) in [6, 6.07) is 1.97. The van der Waals surface area contributed by atoms with Crippen molar-refractivity contribution >= 4 is 34.9 Å². The zero-order chi connectivity index (χ0) is 17.5. The van der Waals surface area contributed by atoms with Crippen molar-refractivity contribution in [1.82, 2.24) is 19.9 Å². The zero-order valence-corrected chi connectivity index (χ0v) is 15.1. The average Bonchev–Trinajstić information content (AvgIpc) is 2.94. The Labute approximate surface area is 149 Å². The van der Waals surface area contributed by atoms with Crippen molar-refractivity contribution < 1.29 is 9.59 Å². The van der Waals surface area contributed by atoms with E-state index < -0.39 is 0 Å². The van der Waals surface area contributed by atoms with Crippen molar-refractivity contribution in [2.45, 2.75) is 13.8 Å². The smallest absolute Gasteiger partial charge is 0.354 e. The molecule has 2 aromatic heterocycles. The van der Waals surface area contributed by atoms with Crippen LogP contribution in [-0.2, 0) is 9.59 Å². The van der Waals surface area contributed by atoms with Crippen LogP contribution >= 0.6 is 22.9 Å². The lowest BCUT2D eigenvalue weighted by Gasteiger charge is -2.34. The third-order valence-corrected chi connectivity index (χ3v) is 4.84. The van der Waals surface area contributed by atoms with Gasteiger partial charge >= 0.3 is 6.15 Å². The molecular formula is C15H18ClN5O2S. The number of carbonyl (C=O) groups excluding carboxylic acids is 2. The topological polar surface area (TPSA) is 79.3 Å². The molecular weight excluding hydrogens is 350 g/mol. The minimum Gasteiger partial charge on any atom is -0.354 e. The van der Waals surface area contributed by atoms with Gasteiger partial charge in [-0.05, 0) is 19.5 Å². The molecule has 0 unspecified atom stereocenters. The Hall–Kier alpha value is -1.86. The van der Waals surface area contributed by atoms with Crippen molar-refractivity contribution in [3.05, 3.63) is 21.6 Å². The molecule has 0 atom stereocenters. The summed E-state index contributed by atoms with van der Waals surface area (Å²) in [5, 5.41) is 0. The number of aromatic nitrogens is 3. The molecule has 0 bridgehead atoms. The maximum atomic E-state index is 8.12. The normalized spacial score (nSPS) is 14.7. The number of piperazine rings is 1. The molecule has 0 N–H and O–H groups in total. The highest BCUT2D eigenvalue weighted by Gasteiger charge is 2.18. The van der Waals surface area contributed by atoms with Crippen LogP contribution in [0.1, 0.15) is 11.8 Å². The summed E-state index contributed by atoms with van der Waals surface area (Å²) in [7, 11) is 0.